The number of hydrogen-bond acceptors (Lipinski definition) is 4. The van der Waals surface area contributed by atoms with Gasteiger partial charge >= 0.3 is 0 Å². The molecule has 0 spiro atoms. The van der Waals surface area contributed by atoms with Gasteiger partial charge in [-0.3, -0.25) is 14.1 Å². The average Bonchev–Trinajstić information content (AvgIpc) is 2.67. The van der Waals surface area contributed by atoms with Gasteiger partial charge in [-0.05, 0) is 19.4 Å². The maximum absolute atomic E-state index is 12.2. The lowest BCUT2D eigenvalue weighted by molar-refractivity contribution is 0.0220. The fraction of sp³-hybridized carbons (Fsp3) is 0.632. The van der Waals surface area contributed by atoms with Crippen molar-refractivity contribution in [1.82, 2.24) is 15.5 Å². The minimum Gasteiger partial charge on any atom is -0.379 e. The summed E-state index contributed by atoms with van der Waals surface area (Å²) in [6, 6.07) is 10.4. The summed E-state index contributed by atoms with van der Waals surface area (Å²) in [5, 5.41) is 6.56. The lowest BCUT2D eigenvalue weighted by Gasteiger charge is -2.31. The molecule has 0 amide bonds. The highest BCUT2D eigenvalue weighted by atomic mass is 127. The molecular weight excluding hydrogens is 475 g/mol. The van der Waals surface area contributed by atoms with Gasteiger partial charge in [-0.15, -0.1) is 24.0 Å². The Hall–Kier alpha value is -0.710. The highest BCUT2D eigenvalue weighted by molar-refractivity contribution is 14.0. The van der Waals surface area contributed by atoms with Crippen molar-refractivity contribution in [3.05, 3.63) is 35.9 Å². The second kappa shape index (κ2) is 14.3. The van der Waals surface area contributed by atoms with Crippen LogP contribution in [0.25, 0.3) is 0 Å². The first-order valence-corrected chi connectivity index (χ1v) is 10.9. The smallest absolute Gasteiger partial charge is 0.191 e. The predicted octanol–water partition coefficient (Wildman–Crippen LogP) is 1.83. The number of benzene rings is 1. The summed E-state index contributed by atoms with van der Waals surface area (Å²) in [6.07, 6.45) is 0. The van der Waals surface area contributed by atoms with E-state index in [0.29, 0.717) is 24.1 Å². The molecule has 6 nitrogen and oxygen atoms in total. The van der Waals surface area contributed by atoms with Crippen molar-refractivity contribution in [2.45, 2.75) is 25.6 Å². The summed E-state index contributed by atoms with van der Waals surface area (Å²) in [7, 11) is -0.875. The van der Waals surface area contributed by atoms with Crippen LogP contribution in [-0.4, -0.2) is 72.8 Å². The Morgan fingerprint density at radius 3 is 2.63 bits per heavy atom. The van der Waals surface area contributed by atoms with Gasteiger partial charge in [0.05, 0.1) is 19.8 Å². The Bertz CT molecular complexity index is 568. The molecule has 1 fully saturated rings. The molecule has 0 radical (unpaired) electrons. The summed E-state index contributed by atoms with van der Waals surface area (Å²) >= 11 is 0. The number of nitrogens with zero attached hydrogens (tertiary/aromatic N) is 2. The van der Waals surface area contributed by atoms with Crippen LogP contribution in [0.4, 0.5) is 0 Å². The van der Waals surface area contributed by atoms with Crippen LogP contribution < -0.4 is 10.6 Å². The molecule has 1 aliphatic heterocycles. The van der Waals surface area contributed by atoms with Crippen LogP contribution >= 0.6 is 24.0 Å². The standard InChI is InChI=1S/C19H32N4O2S.HI/c1-3-20-19(22-15-17(2)23-10-12-25-13-11-23)21-9-14-26(24)16-18-7-5-4-6-8-18;/h4-8,17H,3,9-16H2,1-2H3,(H2,20,21,22);1H. The molecule has 0 bridgehead atoms. The van der Waals surface area contributed by atoms with Crippen LogP contribution in [0.2, 0.25) is 0 Å². The van der Waals surface area contributed by atoms with E-state index < -0.39 is 10.8 Å². The van der Waals surface area contributed by atoms with Crippen molar-refractivity contribution in [2.75, 3.05) is 51.7 Å². The number of aliphatic imine (C=N–C) groups is 1. The van der Waals surface area contributed by atoms with Gasteiger partial charge in [0.1, 0.15) is 0 Å². The van der Waals surface area contributed by atoms with Crippen molar-refractivity contribution in [1.29, 1.82) is 0 Å². The number of ether oxygens (including phenoxy) is 1. The van der Waals surface area contributed by atoms with Gasteiger partial charge < -0.3 is 15.4 Å². The monoisotopic (exact) mass is 508 g/mol. The summed E-state index contributed by atoms with van der Waals surface area (Å²) in [6.45, 7) is 10.0. The third-order valence-electron chi connectivity index (χ3n) is 4.32. The third-order valence-corrected chi connectivity index (χ3v) is 5.63. The Labute approximate surface area is 183 Å². The summed E-state index contributed by atoms with van der Waals surface area (Å²) < 4.78 is 17.6. The van der Waals surface area contributed by atoms with Crippen molar-refractivity contribution in [3.63, 3.8) is 0 Å². The van der Waals surface area contributed by atoms with Crippen LogP contribution in [0.3, 0.4) is 0 Å². The normalized spacial score (nSPS) is 17.6. The fourth-order valence-corrected chi connectivity index (χ4v) is 3.85. The molecule has 154 valence electrons. The lowest BCUT2D eigenvalue weighted by atomic mass is 10.2. The molecule has 2 atom stereocenters. The molecule has 0 aromatic heterocycles. The number of morpholine rings is 1. The molecule has 2 N–H and O–H groups in total. The molecule has 1 saturated heterocycles. The second-order valence-corrected chi connectivity index (χ2v) is 7.99. The molecule has 27 heavy (non-hydrogen) atoms. The summed E-state index contributed by atoms with van der Waals surface area (Å²) in [5.41, 5.74) is 1.12. The van der Waals surface area contributed by atoms with Crippen LogP contribution in [-0.2, 0) is 21.3 Å². The van der Waals surface area contributed by atoms with Gasteiger partial charge in [-0.25, -0.2) is 0 Å². The number of rotatable bonds is 9. The van der Waals surface area contributed by atoms with E-state index in [2.05, 4.69) is 34.4 Å². The van der Waals surface area contributed by atoms with Crippen molar-refractivity contribution >= 4 is 40.7 Å². The zero-order valence-electron chi connectivity index (χ0n) is 16.4. The van der Waals surface area contributed by atoms with Gasteiger partial charge in [0.15, 0.2) is 5.96 Å². The highest BCUT2D eigenvalue weighted by Gasteiger charge is 2.16. The molecule has 0 aliphatic carbocycles. The molecule has 1 aromatic carbocycles. The average molecular weight is 508 g/mol. The van der Waals surface area contributed by atoms with E-state index in [9.17, 15) is 4.21 Å². The predicted molar refractivity (Wildman–Crippen MR) is 124 cm³/mol. The zero-order valence-corrected chi connectivity index (χ0v) is 19.5. The van der Waals surface area contributed by atoms with Gasteiger partial charge in [0.2, 0.25) is 0 Å². The molecule has 1 heterocycles. The quantitative estimate of drug-likeness (QED) is 0.303. The molecule has 8 heteroatoms. The second-order valence-electron chi connectivity index (χ2n) is 6.42. The number of guanidine groups is 1. The minimum atomic E-state index is -0.875. The van der Waals surface area contributed by atoms with E-state index in [4.69, 9.17) is 4.74 Å². The van der Waals surface area contributed by atoms with Crippen LogP contribution in [0.5, 0.6) is 0 Å². The first kappa shape index (κ1) is 24.3. The van der Waals surface area contributed by atoms with Gasteiger partial charge in [-0.1, -0.05) is 30.3 Å². The van der Waals surface area contributed by atoms with E-state index in [0.717, 1.165) is 50.9 Å². The molecule has 0 saturated carbocycles. The molecule has 1 aliphatic rings. The third kappa shape index (κ3) is 9.87. The minimum absolute atomic E-state index is 0. The summed E-state index contributed by atoms with van der Waals surface area (Å²) in [4.78, 5) is 7.09. The van der Waals surface area contributed by atoms with Gasteiger partial charge in [-0.2, -0.15) is 0 Å². The fourth-order valence-electron chi connectivity index (χ4n) is 2.81. The van der Waals surface area contributed by atoms with E-state index in [1.54, 1.807) is 0 Å². The molecule has 2 unspecified atom stereocenters. The molecule has 2 rings (SSSR count). The van der Waals surface area contributed by atoms with Crippen molar-refractivity contribution in [2.24, 2.45) is 4.99 Å². The van der Waals surface area contributed by atoms with E-state index in [1.165, 1.54) is 0 Å². The number of halogens is 1. The zero-order chi connectivity index (χ0) is 18.6. The Morgan fingerprint density at radius 2 is 1.96 bits per heavy atom. The van der Waals surface area contributed by atoms with E-state index >= 15 is 0 Å². The highest BCUT2D eigenvalue weighted by Crippen LogP contribution is 2.04. The molecule has 1 aromatic rings. The Kier molecular flexibility index (Phi) is 12.9. The van der Waals surface area contributed by atoms with Crippen molar-refractivity contribution in [3.8, 4) is 0 Å². The largest absolute Gasteiger partial charge is 0.379 e. The summed E-state index contributed by atoms with van der Waals surface area (Å²) in [5.74, 6) is 2.01. The lowest BCUT2D eigenvalue weighted by Crippen LogP contribution is -2.44. The van der Waals surface area contributed by atoms with E-state index in [1.807, 2.05) is 30.3 Å². The number of nitrogens with one attached hydrogen (secondary N) is 2. The number of hydrogen-bond donors (Lipinski definition) is 2. The maximum Gasteiger partial charge on any atom is 0.191 e. The maximum atomic E-state index is 12.2. The molecular formula is C19H33IN4O2S. The van der Waals surface area contributed by atoms with Crippen LogP contribution in [0.15, 0.2) is 35.3 Å². The van der Waals surface area contributed by atoms with Crippen LogP contribution in [0, 0.1) is 0 Å². The van der Waals surface area contributed by atoms with E-state index in [-0.39, 0.29) is 24.0 Å². The van der Waals surface area contributed by atoms with Gasteiger partial charge in [0.25, 0.3) is 0 Å². The first-order chi connectivity index (χ1) is 12.7. The Balaban J connectivity index is 0.00000364. The van der Waals surface area contributed by atoms with Crippen LogP contribution in [0.1, 0.15) is 19.4 Å². The first-order valence-electron chi connectivity index (χ1n) is 9.42. The SMILES string of the molecule is CCNC(=NCC(C)N1CCOCC1)NCCS(=O)Cc1ccccc1.I. The van der Waals surface area contributed by atoms with Crippen molar-refractivity contribution < 1.29 is 8.95 Å². The topological polar surface area (TPSA) is 66.0 Å². The Morgan fingerprint density at radius 1 is 1.26 bits per heavy atom. The van der Waals surface area contributed by atoms with Gasteiger partial charge in [0, 0.05) is 54.5 Å².